The Labute approximate surface area is 126 Å². The number of allylic oxidation sites excluding steroid dienone is 1. The summed E-state index contributed by atoms with van der Waals surface area (Å²) in [7, 11) is 0. The van der Waals surface area contributed by atoms with Crippen LogP contribution in [0.2, 0.25) is 0 Å². The van der Waals surface area contributed by atoms with Crippen LogP contribution in [0.1, 0.15) is 43.2 Å². The molecule has 0 aliphatic heterocycles. The lowest BCUT2D eigenvalue weighted by molar-refractivity contribution is 0.0739. The predicted octanol–water partition coefficient (Wildman–Crippen LogP) is 4.21. The maximum atomic E-state index is 8.72. The second kappa shape index (κ2) is 8.25. The summed E-state index contributed by atoms with van der Waals surface area (Å²) in [6.07, 6.45) is 8.25. The van der Waals surface area contributed by atoms with Gasteiger partial charge in [0.15, 0.2) is 0 Å². The summed E-state index contributed by atoms with van der Waals surface area (Å²) in [6, 6.07) is 11.5. The fraction of sp³-hybridized carbons (Fsp3) is 0.444. The van der Waals surface area contributed by atoms with E-state index in [0.29, 0.717) is 6.61 Å². The minimum atomic E-state index is 0.122. The molecule has 21 heavy (non-hydrogen) atoms. The van der Waals surface area contributed by atoms with Crippen LogP contribution in [0.3, 0.4) is 0 Å². The second-order valence-corrected chi connectivity index (χ2v) is 5.54. The number of nitrogens with zero attached hydrogens (tertiary/aromatic N) is 2. The highest BCUT2D eigenvalue weighted by molar-refractivity contribution is 5.61. The van der Waals surface area contributed by atoms with Crippen LogP contribution in [0.5, 0.6) is 0 Å². The van der Waals surface area contributed by atoms with Crippen LogP contribution in [-0.2, 0) is 11.3 Å². The van der Waals surface area contributed by atoms with Crippen molar-refractivity contribution in [2.75, 3.05) is 6.61 Å². The van der Waals surface area contributed by atoms with Gasteiger partial charge in [0.05, 0.1) is 6.61 Å². The highest BCUT2D eigenvalue weighted by Gasteiger charge is 2.13. The summed E-state index contributed by atoms with van der Waals surface area (Å²) >= 11 is 0. The molecule has 108 valence electrons. The fourth-order valence-corrected chi connectivity index (χ4v) is 2.66. The van der Waals surface area contributed by atoms with E-state index in [2.05, 4.69) is 0 Å². The molecule has 0 unspecified atom stereocenters. The van der Waals surface area contributed by atoms with E-state index in [4.69, 9.17) is 15.3 Å². The van der Waals surface area contributed by atoms with E-state index < -0.39 is 0 Å². The molecule has 1 aliphatic rings. The van der Waals surface area contributed by atoms with Crippen molar-refractivity contribution < 1.29 is 4.74 Å². The molecule has 3 nitrogen and oxygen atoms in total. The number of nitriles is 2. The molecular formula is C18H20N2O. The van der Waals surface area contributed by atoms with Crippen molar-refractivity contribution in [3.8, 4) is 12.1 Å². The first kappa shape index (κ1) is 15.3. The van der Waals surface area contributed by atoms with Gasteiger partial charge in [-0.15, -0.1) is 0 Å². The molecule has 1 aromatic carbocycles. The number of benzene rings is 1. The standard InChI is InChI=1S/C18H20N2O/c19-11-18(12-20)10-15-6-8-17(9-7-15)14-21-13-16-4-2-1-3-5-16/h6-10,16H,1-5,13-14H2. The quantitative estimate of drug-likeness (QED) is 0.759. The van der Waals surface area contributed by atoms with Crippen LogP contribution >= 0.6 is 0 Å². The Bertz CT molecular complexity index is 538. The summed E-state index contributed by atoms with van der Waals surface area (Å²) in [6.45, 7) is 1.48. The summed E-state index contributed by atoms with van der Waals surface area (Å²) in [4.78, 5) is 0. The van der Waals surface area contributed by atoms with E-state index >= 15 is 0 Å². The van der Waals surface area contributed by atoms with Gasteiger partial charge in [-0.25, -0.2) is 0 Å². The third-order valence-electron chi connectivity index (χ3n) is 3.88. The maximum absolute atomic E-state index is 8.72. The average molecular weight is 280 g/mol. The summed E-state index contributed by atoms with van der Waals surface area (Å²) in [5.41, 5.74) is 2.11. The zero-order chi connectivity index (χ0) is 14.9. The Morgan fingerprint density at radius 3 is 2.38 bits per heavy atom. The average Bonchev–Trinajstić information content (AvgIpc) is 2.55. The molecule has 3 heteroatoms. The molecule has 0 saturated heterocycles. The number of ether oxygens (including phenoxy) is 1. The van der Waals surface area contributed by atoms with Crippen molar-refractivity contribution in [3.05, 3.63) is 41.0 Å². The van der Waals surface area contributed by atoms with Gasteiger partial charge in [0, 0.05) is 6.61 Å². The van der Waals surface area contributed by atoms with Gasteiger partial charge in [-0.1, -0.05) is 43.5 Å². The van der Waals surface area contributed by atoms with E-state index in [9.17, 15) is 0 Å². The minimum absolute atomic E-state index is 0.122. The zero-order valence-corrected chi connectivity index (χ0v) is 12.2. The molecule has 1 aliphatic carbocycles. The molecule has 0 amide bonds. The lowest BCUT2D eigenvalue weighted by Crippen LogP contribution is -2.13. The monoisotopic (exact) mass is 280 g/mol. The Morgan fingerprint density at radius 1 is 1.10 bits per heavy atom. The lowest BCUT2D eigenvalue weighted by atomic mass is 9.90. The normalized spacial score (nSPS) is 15.0. The van der Waals surface area contributed by atoms with Gasteiger partial charge in [-0.3, -0.25) is 0 Å². The summed E-state index contributed by atoms with van der Waals surface area (Å²) < 4.78 is 5.80. The van der Waals surface area contributed by atoms with Gasteiger partial charge in [0.2, 0.25) is 0 Å². The molecule has 0 radical (unpaired) electrons. The highest BCUT2D eigenvalue weighted by Crippen LogP contribution is 2.24. The smallest absolute Gasteiger partial charge is 0.130 e. The van der Waals surface area contributed by atoms with Gasteiger partial charge in [0.1, 0.15) is 17.7 Å². The first-order valence-corrected chi connectivity index (χ1v) is 7.50. The van der Waals surface area contributed by atoms with Crippen LogP contribution in [0.4, 0.5) is 0 Å². The topological polar surface area (TPSA) is 56.8 Å². The van der Waals surface area contributed by atoms with Crippen molar-refractivity contribution in [3.63, 3.8) is 0 Å². The van der Waals surface area contributed by atoms with E-state index in [1.807, 2.05) is 36.4 Å². The molecule has 0 spiro atoms. The zero-order valence-electron chi connectivity index (χ0n) is 12.2. The van der Waals surface area contributed by atoms with Crippen LogP contribution in [0, 0.1) is 28.6 Å². The van der Waals surface area contributed by atoms with Crippen LogP contribution in [0.25, 0.3) is 6.08 Å². The predicted molar refractivity (Wildman–Crippen MR) is 81.9 cm³/mol. The molecule has 0 bridgehead atoms. The van der Waals surface area contributed by atoms with Crippen molar-refractivity contribution in [2.45, 2.75) is 38.7 Å². The van der Waals surface area contributed by atoms with E-state index in [-0.39, 0.29) is 5.57 Å². The Hall–Kier alpha value is -2.10. The molecular weight excluding hydrogens is 260 g/mol. The third-order valence-corrected chi connectivity index (χ3v) is 3.88. The van der Waals surface area contributed by atoms with E-state index in [1.54, 1.807) is 6.08 Å². The van der Waals surface area contributed by atoms with Gasteiger partial charge in [0.25, 0.3) is 0 Å². The van der Waals surface area contributed by atoms with E-state index in [1.165, 1.54) is 32.1 Å². The Kier molecular flexibility index (Phi) is 6.00. The van der Waals surface area contributed by atoms with Crippen molar-refractivity contribution >= 4 is 6.08 Å². The van der Waals surface area contributed by atoms with Gasteiger partial charge >= 0.3 is 0 Å². The Balaban J connectivity index is 1.81. The number of hydrogen-bond donors (Lipinski definition) is 0. The van der Waals surface area contributed by atoms with Crippen molar-refractivity contribution in [1.29, 1.82) is 10.5 Å². The van der Waals surface area contributed by atoms with Gasteiger partial charge in [-0.05, 0) is 36.0 Å². The number of rotatable bonds is 5. The molecule has 1 saturated carbocycles. The minimum Gasteiger partial charge on any atom is -0.376 e. The molecule has 0 heterocycles. The molecule has 0 atom stereocenters. The molecule has 1 aromatic rings. The SMILES string of the molecule is N#CC(C#N)=Cc1ccc(COCC2CCCCC2)cc1. The van der Waals surface area contributed by atoms with Crippen LogP contribution in [0.15, 0.2) is 29.8 Å². The number of hydrogen-bond acceptors (Lipinski definition) is 3. The lowest BCUT2D eigenvalue weighted by Gasteiger charge is -2.21. The van der Waals surface area contributed by atoms with Crippen molar-refractivity contribution in [1.82, 2.24) is 0 Å². The highest BCUT2D eigenvalue weighted by atomic mass is 16.5. The first-order valence-electron chi connectivity index (χ1n) is 7.50. The Morgan fingerprint density at radius 2 is 1.76 bits per heavy atom. The maximum Gasteiger partial charge on any atom is 0.130 e. The van der Waals surface area contributed by atoms with Gasteiger partial charge in [-0.2, -0.15) is 10.5 Å². The summed E-state index contributed by atoms with van der Waals surface area (Å²) in [5, 5.41) is 17.4. The van der Waals surface area contributed by atoms with Crippen LogP contribution in [-0.4, -0.2) is 6.61 Å². The van der Waals surface area contributed by atoms with Crippen molar-refractivity contribution in [2.24, 2.45) is 5.92 Å². The van der Waals surface area contributed by atoms with Crippen LogP contribution < -0.4 is 0 Å². The molecule has 0 N–H and O–H groups in total. The largest absolute Gasteiger partial charge is 0.376 e. The molecule has 2 rings (SSSR count). The first-order chi connectivity index (χ1) is 10.3. The molecule has 1 fully saturated rings. The molecule has 0 aromatic heterocycles. The third kappa shape index (κ3) is 5.06. The van der Waals surface area contributed by atoms with Gasteiger partial charge < -0.3 is 4.74 Å². The second-order valence-electron chi connectivity index (χ2n) is 5.54. The summed E-state index contributed by atoms with van der Waals surface area (Å²) in [5.74, 6) is 0.731. The van der Waals surface area contributed by atoms with E-state index in [0.717, 1.165) is 23.7 Å². The fourth-order valence-electron chi connectivity index (χ4n) is 2.66.